The van der Waals surface area contributed by atoms with Gasteiger partial charge in [-0.25, -0.2) is 8.42 Å². The van der Waals surface area contributed by atoms with Crippen LogP contribution in [0.15, 0.2) is 29.2 Å². The summed E-state index contributed by atoms with van der Waals surface area (Å²) in [6.07, 6.45) is 6.44. The number of nitrogens with one attached hydrogen (secondary N) is 1. The van der Waals surface area contributed by atoms with Gasteiger partial charge >= 0.3 is 0 Å². The normalized spacial score (nSPS) is 25.4. The summed E-state index contributed by atoms with van der Waals surface area (Å²) in [6, 6.07) is 8.08. The van der Waals surface area contributed by atoms with Crippen LogP contribution in [-0.4, -0.2) is 20.7 Å². The molecule has 3 unspecified atom stereocenters. The van der Waals surface area contributed by atoms with Gasteiger partial charge in [0.05, 0.1) is 4.90 Å². The maximum Gasteiger partial charge on any atom is 0.175 e. The first kappa shape index (κ1) is 15.5. The zero-order valence-electron chi connectivity index (χ0n) is 12.6. The number of sulfone groups is 1. The van der Waals surface area contributed by atoms with Crippen LogP contribution < -0.4 is 5.32 Å². The van der Waals surface area contributed by atoms with Crippen molar-refractivity contribution in [3.05, 3.63) is 29.8 Å². The highest BCUT2D eigenvalue weighted by molar-refractivity contribution is 7.90. The second-order valence-corrected chi connectivity index (χ2v) is 8.11. The summed E-state index contributed by atoms with van der Waals surface area (Å²) in [7, 11) is -3.10. The quantitative estimate of drug-likeness (QED) is 0.927. The van der Waals surface area contributed by atoms with Gasteiger partial charge in [0.2, 0.25) is 0 Å². The Labute approximate surface area is 122 Å². The standard InChI is InChI=1S/C16H25NO2S/c1-12-6-4-5-7-16(12)17-13(2)14-8-10-15(11-9-14)20(3,18)19/h8-13,16-17H,4-7H2,1-3H3. The summed E-state index contributed by atoms with van der Waals surface area (Å²) < 4.78 is 22.9. The number of hydrogen-bond acceptors (Lipinski definition) is 3. The fourth-order valence-electron chi connectivity index (χ4n) is 2.98. The fourth-order valence-corrected chi connectivity index (χ4v) is 3.62. The lowest BCUT2D eigenvalue weighted by Crippen LogP contribution is -2.38. The van der Waals surface area contributed by atoms with E-state index in [1.165, 1.54) is 31.9 Å². The minimum Gasteiger partial charge on any atom is -0.307 e. The van der Waals surface area contributed by atoms with E-state index >= 15 is 0 Å². The average Bonchev–Trinajstić information content (AvgIpc) is 2.40. The molecule has 3 atom stereocenters. The zero-order valence-corrected chi connectivity index (χ0v) is 13.4. The Bertz CT molecular complexity index is 536. The highest BCUT2D eigenvalue weighted by Gasteiger charge is 2.22. The molecule has 0 aromatic heterocycles. The lowest BCUT2D eigenvalue weighted by molar-refractivity contribution is 0.263. The maximum atomic E-state index is 11.5. The Morgan fingerprint density at radius 3 is 2.30 bits per heavy atom. The van der Waals surface area contributed by atoms with Gasteiger partial charge in [-0.2, -0.15) is 0 Å². The zero-order chi connectivity index (χ0) is 14.8. The largest absolute Gasteiger partial charge is 0.307 e. The van der Waals surface area contributed by atoms with Crippen LogP contribution in [-0.2, 0) is 9.84 Å². The van der Waals surface area contributed by atoms with Gasteiger partial charge in [-0.3, -0.25) is 0 Å². The van der Waals surface area contributed by atoms with Crippen LogP contribution >= 0.6 is 0 Å². The summed E-state index contributed by atoms with van der Waals surface area (Å²) in [5, 5.41) is 3.69. The van der Waals surface area contributed by atoms with Crippen LogP contribution in [0.5, 0.6) is 0 Å². The topological polar surface area (TPSA) is 46.2 Å². The molecule has 1 N–H and O–H groups in total. The van der Waals surface area contributed by atoms with Gasteiger partial charge in [0.1, 0.15) is 0 Å². The summed E-state index contributed by atoms with van der Waals surface area (Å²) in [6.45, 7) is 4.47. The van der Waals surface area contributed by atoms with Gasteiger partial charge in [0.25, 0.3) is 0 Å². The number of hydrogen-bond donors (Lipinski definition) is 1. The van der Waals surface area contributed by atoms with E-state index in [4.69, 9.17) is 0 Å². The van der Waals surface area contributed by atoms with Crippen molar-refractivity contribution in [2.24, 2.45) is 5.92 Å². The van der Waals surface area contributed by atoms with Gasteiger partial charge in [-0.1, -0.05) is 31.9 Å². The molecule has 1 aliphatic carbocycles. The molecule has 112 valence electrons. The molecule has 20 heavy (non-hydrogen) atoms. The molecule has 0 amide bonds. The monoisotopic (exact) mass is 295 g/mol. The minimum absolute atomic E-state index is 0.258. The molecule has 0 bridgehead atoms. The lowest BCUT2D eigenvalue weighted by Gasteiger charge is -2.32. The van der Waals surface area contributed by atoms with Crippen molar-refractivity contribution in [2.45, 2.75) is 56.5 Å². The van der Waals surface area contributed by atoms with Gasteiger partial charge in [0.15, 0.2) is 9.84 Å². The first-order valence-electron chi connectivity index (χ1n) is 7.44. The van der Waals surface area contributed by atoms with Gasteiger partial charge in [0, 0.05) is 18.3 Å². The molecule has 0 heterocycles. The minimum atomic E-state index is -3.10. The van der Waals surface area contributed by atoms with Gasteiger partial charge in [-0.15, -0.1) is 0 Å². The second-order valence-electron chi connectivity index (χ2n) is 6.10. The Kier molecular flexibility index (Phi) is 4.86. The predicted molar refractivity (Wildman–Crippen MR) is 82.5 cm³/mol. The Balaban J connectivity index is 2.03. The smallest absolute Gasteiger partial charge is 0.175 e. The van der Waals surface area contributed by atoms with Crippen molar-refractivity contribution in [1.29, 1.82) is 0 Å². The van der Waals surface area contributed by atoms with Crippen molar-refractivity contribution >= 4 is 9.84 Å². The van der Waals surface area contributed by atoms with Gasteiger partial charge < -0.3 is 5.32 Å². The third kappa shape index (κ3) is 3.83. The van der Waals surface area contributed by atoms with Crippen molar-refractivity contribution in [3.63, 3.8) is 0 Å². The van der Waals surface area contributed by atoms with Crippen molar-refractivity contribution < 1.29 is 8.42 Å². The molecule has 3 nitrogen and oxygen atoms in total. The third-order valence-electron chi connectivity index (χ3n) is 4.38. The van der Waals surface area contributed by atoms with Crippen LogP contribution in [0.25, 0.3) is 0 Å². The first-order chi connectivity index (χ1) is 9.38. The van der Waals surface area contributed by atoms with E-state index in [1.807, 2.05) is 12.1 Å². The van der Waals surface area contributed by atoms with E-state index in [0.29, 0.717) is 10.9 Å². The van der Waals surface area contributed by atoms with Gasteiger partial charge in [-0.05, 0) is 43.4 Å². The van der Waals surface area contributed by atoms with Crippen molar-refractivity contribution in [2.75, 3.05) is 6.26 Å². The second kappa shape index (κ2) is 6.27. The van der Waals surface area contributed by atoms with Crippen LogP contribution in [0, 0.1) is 5.92 Å². The van der Waals surface area contributed by atoms with Crippen molar-refractivity contribution in [3.8, 4) is 0 Å². The molecule has 1 fully saturated rings. The van der Waals surface area contributed by atoms with E-state index < -0.39 is 9.84 Å². The average molecular weight is 295 g/mol. The highest BCUT2D eigenvalue weighted by Crippen LogP contribution is 2.26. The van der Waals surface area contributed by atoms with E-state index in [1.54, 1.807) is 12.1 Å². The summed E-state index contributed by atoms with van der Waals surface area (Å²) in [5.41, 5.74) is 1.15. The molecular formula is C16H25NO2S. The molecular weight excluding hydrogens is 270 g/mol. The summed E-state index contributed by atoms with van der Waals surface area (Å²) >= 11 is 0. The van der Waals surface area contributed by atoms with Crippen LogP contribution in [0.1, 0.15) is 51.1 Å². The molecule has 2 rings (SSSR count). The molecule has 1 saturated carbocycles. The Morgan fingerprint density at radius 2 is 1.75 bits per heavy atom. The summed E-state index contributed by atoms with van der Waals surface area (Å²) in [4.78, 5) is 0.388. The Hall–Kier alpha value is -0.870. The van der Waals surface area contributed by atoms with Crippen molar-refractivity contribution in [1.82, 2.24) is 5.32 Å². The van der Waals surface area contributed by atoms with E-state index in [-0.39, 0.29) is 6.04 Å². The molecule has 1 aromatic rings. The van der Waals surface area contributed by atoms with Crippen LogP contribution in [0.4, 0.5) is 0 Å². The third-order valence-corrected chi connectivity index (χ3v) is 5.51. The highest BCUT2D eigenvalue weighted by atomic mass is 32.2. The number of benzene rings is 1. The van der Waals surface area contributed by atoms with E-state index in [9.17, 15) is 8.42 Å². The SMILES string of the molecule is CC(NC1CCCCC1C)c1ccc(S(C)(=O)=O)cc1. The fraction of sp³-hybridized carbons (Fsp3) is 0.625. The van der Waals surface area contributed by atoms with Crippen LogP contribution in [0.2, 0.25) is 0 Å². The summed E-state index contributed by atoms with van der Waals surface area (Å²) in [5.74, 6) is 0.724. The molecule has 0 aliphatic heterocycles. The van der Waals surface area contributed by atoms with E-state index in [0.717, 1.165) is 11.5 Å². The van der Waals surface area contributed by atoms with E-state index in [2.05, 4.69) is 19.2 Å². The van der Waals surface area contributed by atoms with Crippen LogP contribution in [0.3, 0.4) is 0 Å². The first-order valence-corrected chi connectivity index (χ1v) is 9.33. The molecule has 0 radical (unpaired) electrons. The lowest BCUT2D eigenvalue weighted by atomic mass is 9.85. The number of rotatable bonds is 4. The predicted octanol–water partition coefficient (Wildman–Crippen LogP) is 3.32. The Morgan fingerprint density at radius 1 is 1.15 bits per heavy atom. The molecule has 4 heteroatoms. The molecule has 1 aromatic carbocycles. The molecule has 0 spiro atoms. The molecule has 0 saturated heterocycles. The molecule has 1 aliphatic rings. The maximum absolute atomic E-state index is 11.5.